The third-order valence-electron chi connectivity index (χ3n) is 5.39. The topological polar surface area (TPSA) is 99.0 Å². The average molecular weight is 463 g/mol. The van der Waals surface area contributed by atoms with Gasteiger partial charge in [-0.2, -0.15) is 0 Å². The maximum atomic E-state index is 13.5. The van der Waals surface area contributed by atoms with Gasteiger partial charge in [0, 0.05) is 35.2 Å². The van der Waals surface area contributed by atoms with E-state index in [-0.39, 0.29) is 5.56 Å². The van der Waals surface area contributed by atoms with E-state index >= 15 is 0 Å². The van der Waals surface area contributed by atoms with Gasteiger partial charge in [-0.15, -0.1) is 0 Å². The van der Waals surface area contributed by atoms with Crippen molar-refractivity contribution in [2.24, 2.45) is 5.92 Å². The largest absolute Gasteiger partial charge is 0.493 e. The number of aromatic amines is 1. The standard InChI is InChI=1S/C24H19ClN4O4/c25-17-8-16(9-20(10-17)33-14-15-3-4-15)21-11-19(28-7-5-22(30)27-24(28)32)13-29(23(21)31)18-2-1-6-26-12-18/h1-2,5-13,15H,3-4,14H2,(H,27,30,32). The number of pyridine rings is 2. The summed E-state index contributed by atoms with van der Waals surface area (Å²) in [6.07, 6.45) is 8.34. The molecule has 0 amide bonds. The maximum absolute atomic E-state index is 13.5. The molecular weight excluding hydrogens is 444 g/mol. The minimum Gasteiger partial charge on any atom is -0.493 e. The van der Waals surface area contributed by atoms with E-state index in [0.29, 0.717) is 45.8 Å². The number of nitrogens with zero attached hydrogens (tertiary/aromatic N) is 3. The van der Waals surface area contributed by atoms with Crippen molar-refractivity contribution >= 4 is 11.6 Å². The number of rotatable bonds is 6. The van der Waals surface area contributed by atoms with E-state index in [4.69, 9.17) is 16.3 Å². The van der Waals surface area contributed by atoms with Crippen LogP contribution in [0.15, 0.2) is 81.6 Å². The van der Waals surface area contributed by atoms with E-state index in [0.717, 1.165) is 12.8 Å². The van der Waals surface area contributed by atoms with Crippen molar-refractivity contribution in [3.05, 3.63) is 103 Å². The first kappa shape index (κ1) is 21.0. The summed E-state index contributed by atoms with van der Waals surface area (Å²) in [5.74, 6) is 1.13. The van der Waals surface area contributed by atoms with E-state index < -0.39 is 11.2 Å². The molecule has 0 saturated heterocycles. The van der Waals surface area contributed by atoms with Gasteiger partial charge >= 0.3 is 5.69 Å². The third kappa shape index (κ3) is 4.51. The Labute approximate surface area is 192 Å². The van der Waals surface area contributed by atoms with Crippen molar-refractivity contribution in [2.75, 3.05) is 6.61 Å². The molecule has 5 rings (SSSR count). The third-order valence-corrected chi connectivity index (χ3v) is 5.61. The Kier molecular flexibility index (Phi) is 5.43. The summed E-state index contributed by atoms with van der Waals surface area (Å²) in [6.45, 7) is 0.604. The molecule has 0 aliphatic heterocycles. The highest BCUT2D eigenvalue weighted by molar-refractivity contribution is 6.31. The van der Waals surface area contributed by atoms with E-state index in [1.165, 1.54) is 27.6 Å². The summed E-state index contributed by atoms with van der Waals surface area (Å²) in [5, 5.41) is 0.428. The van der Waals surface area contributed by atoms with Gasteiger partial charge in [0.15, 0.2) is 0 Å². The molecule has 0 unspecified atom stereocenters. The Balaban J connectivity index is 1.70. The van der Waals surface area contributed by atoms with Crippen molar-refractivity contribution in [1.29, 1.82) is 0 Å². The van der Waals surface area contributed by atoms with Crippen molar-refractivity contribution in [3.63, 3.8) is 0 Å². The van der Waals surface area contributed by atoms with Crippen LogP contribution in [0.3, 0.4) is 0 Å². The quantitative estimate of drug-likeness (QED) is 0.474. The van der Waals surface area contributed by atoms with Crippen LogP contribution in [-0.2, 0) is 0 Å². The van der Waals surface area contributed by atoms with Crippen LogP contribution in [-0.4, -0.2) is 25.7 Å². The number of nitrogens with one attached hydrogen (secondary N) is 1. The summed E-state index contributed by atoms with van der Waals surface area (Å²) in [7, 11) is 0. The van der Waals surface area contributed by atoms with Gasteiger partial charge in [-0.05, 0) is 60.7 Å². The molecule has 1 aliphatic rings. The van der Waals surface area contributed by atoms with Crippen LogP contribution < -0.4 is 21.5 Å². The second-order valence-corrected chi connectivity index (χ2v) is 8.34. The van der Waals surface area contributed by atoms with Crippen LogP contribution in [0.2, 0.25) is 5.02 Å². The lowest BCUT2D eigenvalue weighted by Gasteiger charge is -2.14. The fraction of sp³-hybridized carbons (Fsp3) is 0.167. The Bertz CT molecular complexity index is 1500. The second kappa shape index (κ2) is 8.55. The Morgan fingerprint density at radius 3 is 2.64 bits per heavy atom. The smallest absolute Gasteiger partial charge is 0.332 e. The fourth-order valence-corrected chi connectivity index (χ4v) is 3.74. The average Bonchev–Trinajstić information content (AvgIpc) is 3.63. The molecule has 3 aromatic heterocycles. The highest BCUT2D eigenvalue weighted by atomic mass is 35.5. The molecular formula is C24H19ClN4O4. The molecule has 0 spiro atoms. The molecule has 8 nitrogen and oxygen atoms in total. The molecule has 4 aromatic rings. The number of ether oxygens (including phenoxy) is 1. The lowest BCUT2D eigenvalue weighted by Crippen LogP contribution is -2.29. The highest BCUT2D eigenvalue weighted by Crippen LogP contribution is 2.32. The number of aromatic nitrogens is 4. The molecule has 0 bridgehead atoms. The monoisotopic (exact) mass is 462 g/mol. The normalized spacial score (nSPS) is 13.1. The lowest BCUT2D eigenvalue weighted by atomic mass is 10.1. The minimum atomic E-state index is -0.621. The molecule has 1 fully saturated rings. The van der Waals surface area contributed by atoms with Gasteiger partial charge in [0.2, 0.25) is 0 Å². The highest BCUT2D eigenvalue weighted by Gasteiger charge is 2.22. The molecule has 9 heteroatoms. The summed E-state index contributed by atoms with van der Waals surface area (Å²) < 4.78 is 8.54. The summed E-state index contributed by atoms with van der Waals surface area (Å²) >= 11 is 6.35. The Hall–Kier alpha value is -3.91. The predicted molar refractivity (Wildman–Crippen MR) is 125 cm³/mol. The molecule has 0 atom stereocenters. The first-order chi connectivity index (χ1) is 16.0. The molecule has 1 aromatic carbocycles. The second-order valence-electron chi connectivity index (χ2n) is 7.91. The van der Waals surface area contributed by atoms with Crippen molar-refractivity contribution in [1.82, 2.24) is 19.1 Å². The van der Waals surface area contributed by atoms with Crippen LogP contribution >= 0.6 is 11.6 Å². The zero-order valence-electron chi connectivity index (χ0n) is 17.4. The number of hydrogen-bond acceptors (Lipinski definition) is 5. The van der Waals surface area contributed by atoms with E-state index in [2.05, 4.69) is 9.97 Å². The van der Waals surface area contributed by atoms with Crippen LogP contribution in [0.25, 0.3) is 22.5 Å². The van der Waals surface area contributed by atoms with Gasteiger partial charge in [0.05, 0.1) is 24.2 Å². The predicted octanol–water partition coefficient (Wildman–Crippen LogP) is 3.18. The molecule has 3 heterocycles. The molecule has 1 aliphatic carbocycles. The minimum absolute atomic E-state index is 0.313. The van der Waals surface area contributed by atoms with Crippen LogP contribution in [0.1, 0.15) is 12.8 Å². The number of H-pyrrole nitrogens is 1. The number of benzene rings is 1. The zero-order chi connectivity index (χ0) is 22.9. The van der Waals surface area contributed by atoms with Gasteiger partial charge in [-0.1, -0.05) is 11.6 Å². The fourth-order valence-electron chi connectivity index (χ4n) is 3.51. The maximum Gasteiger partial charge on any atom is 0.332 e. The Morgan fingerprint density at radius 2 is 1.91 bits per heavy atom. The van der Waals surface area contributed by atoms with Crippen molar-refractivity contribution in [3.8, 4) is 28.3 Å². The number of hydrogen-bond donors (Lipinski definition) is 1. The summed E-state index contributed by atoms with van der Waals surface area (Å²) in [4.78, 5) is 43.8. The molecule has 1 saturated carbocycles. The lowest BCUT2D eigenvalue weighted by molar-refractivity contribution is 0.300. The van der Waals surface area contributed by atoms with Gasteiger partial charge in [-0.25, -0.2) is 4.79 Å². The number of halogens is 1. The van der Waals surface area contributed by atoms with Crippen LogP contribution in [0.4, 0.5) is 0 Å². The van der Waals surface area contributed by atoms with E-state index in [1.807, 2.05) is 0 Å². The van der Waals surface area contributed by atoms with Gasteiger partial charge in [0.25, 0.3) is 11.1 Å². The first-order valence-electron chi connectivity index (χ1n) is 10.4. The van der Waals surface area contributed by atoms with Crippen molar-refractivity contribution in [2.45, 2.75) is 12.8 Å². The molecule has 166 valence electrons. The molecule has 33 heavy (non-hydrogen) atoms. The SMILES string of the molecule is O=c1ccn(-c2cc(-c3cc(Cl)cc(OCC4CC4)c3)c(=O)n(-c3cccnc3)c2)c(=O)[nH]1. The van der Waals surface area contributed by atoms with Gasteiger partial charge < -0.3 is 4.74 Å². The van der Waals surface area contributed by atoms with Crippen molar-refractivity contribution < 1.29 is 4.74 Å². The zero-order valence-corrected chi connectivity index (χ0v) is 18.2. The van der Waals surface area contributed by atoms with Crippen LogP contribution in [0, 0.1) is 5.92 Å². The molecule has 0 radical (unpaired) electrons. The summed E-state index contributed by atoms with van der Waals surface area (Å²) in [6, 6.07) is 11.4. The van der Waals surface area contributed by atoms with Gasteiger partial charge in [-0.3, -0.25) is 28.7 Å². The molecule has 1 N–H and O–H groups in total. The van der Waals surface area contributed by atoms with E-state index in [1.54, 1.807) is 48.8 Å². The van der Waals surface area contributed by atoms with Gasteiger partial charge in [0.1, 0.15) is 5.75 Å². The summed E-state index contributed by atoms with van der Waals surface area (Å²) in [5.41, 5.74) is 0.322. The van der Waals surface area contributed by atoms with E-state index in [9.17, 15) is 14.4 Å². The van der Waals surface area contributed by atoms with Crippen LogP contribution in [0.5, 0.6) is 5.75 Å². The Morgan fingerprint density at radius 1 is 1.06 bits per heavy atom. The first-order valence-corrected chi connectivity index (χ1v) is 10.8.